The first-order valence-corrected chi connectivity index (χ1v) is 9.11. The summed E-state index contributed by atoms with van der Waals surface area (Å²) in [7, 11) is 1.35. The molecule has 2 aromatic rings. The number of nitrogens with two attached hydrogens (primary N) is 1. The van der Waals surface area contributed by atoms with Crippen LogP contribution in [0.25, 0.3) is 0 Å². The Morgan fingerprint density at radius 1 is 1.30 bits per heavy atom. The van der Waals surface area contributed by atoms with Gasteiger partial charge in [0.25, 0.3) is 0 Å². The predicted octanol–water partition coefficient (Wildman–Crippen LogP) is 2.62. The summed E-state index contributed by atoms with van der Waals surface area (Å²) >= 11 is 0. The van der Waals surface area contributed by atoms with Gasteiger partial charge >= 0.3 is 5.97 Å². The van der Waals surface area contributed by atoms with E-state index in [1.807, 2.05) is 0 Å². The normalized spacial score (nSPS) is 13.0. The van der Waals surface area contributed by atoms with Crippen molar-refractivity contribution in [3.05, 3.63) is 47.3 Å². The molecule has 0 aliphatic rings. The van der Waals surface area contributed by atoms with E-state index in [1.165, 1.54) is 7.11 Å². The minimum absolute atomic E-state index is 0.164. The molecule has 0 bridgehead atoms. The average Bonchev–Trinajstić information content (AvgIpc) is 2.65. The zero-order valence-corrected chi connectivity index (χ0v) is 16.1. The number of anilines is 1. The van der Waals surface area contributed by atoms with Crippen molar-refractivity contribution in [1.82, 2.24) is 9.97 Å². The largest absolute Gasteiger partial charge is 0.508 e. The fourth-order valence-electron chi connectivity index (χ4n) is 2.69. The number of nitrogens with zero attached hydrogens (tertiary/aromatic N) is 2. The zero-order chi connectivity index (χ0) is 19.8. The summed E-state index contributed by atoms with van der Waals surface area (Å²) in [5.74, 6) is 0.866. The second kappa shape index (κ2) is 9.87. The molecule has 1 heterocycles. The van der Waals surface area contributed by atoms with Gasteiger partial charge in [-0.3, -0.25) is 4.79 Å². The number of aromatic nitrogens is 2. The van der Waals surface area contributed by atoms with Crippen molar-refractivity contribution in [1.29, 1.82) is 0 Å². The van der Waals surface area contributed by atoms with Crippen molar-refractivity contribution in [3.63, 3.8) is 0 Å². The van der Waals surface area contributed by atoms with E-state index in [1.54, 1.807) is 30.6 Å². The molecule has 0 aliphatic carbocycles. The molecule has 0 spiro atoms. The number of ether oxygens (including phenoxy) is 1. The van der Waals surface area contributed by atoms with Crippen LogP contribution in [0.1, 0.15) is 43.4 Å². The van der Waals surface area contributed by atoms with Gasteiger partial charge < -0.3 is 20.9 Å². The molecular weight excluding hydrogens is 344 g/mol. The van der Waals surface area contributed by atoms with E-state index in [0.29, 0.717) is 23.9 Å². The Labute approximate surface area is 160 Å². The van der Waals surface area contributed by atoms with E-state index in [2.05, 4.69) is 33.9 Å². The van der Waals surface area contributed by atoms with Gasteiger partial charge in [0, 0.05) is 18.8 Å². The summed E-state index contributed by atoms with van der Waals surface area (Å²) in [4.78, 5) is 20.0. The maximum atomic E-state index is 11.4. The second-order valence-corrected chi connectivity index (χ2v) is 6.81. The molecule has 0 fully saturated rings. The van der Waals surface area contributed by atoms with E-state index in [-0.39, 0.29) is 24.3 Å². The number of nitrogens with one attached hydrogen (secondary N) is 1. The Morgan fingerprint density at radius 3 is 2.63 bits per heavy atom. The Morgan fingerprint density at radius 2 is 2.00 bits per heavy atom. The number of carbonyl (C=O) groups is 1. The van der Waals surface area contributed by atoms with Gasteiger partial charge in [-0.1, -0.05) is 32.4 Å². The Bertz CT molecular complexity index is 749. The number of phenolic OH excluding ortho intramolecular Hbond substituents is 1. The Hall–Kier alpha value is -2.67. The summed E-state index contributed by atoms with van der Waals surface area (Å²) in [5.41, 5.74) is 8.40. The quantitative estimate of drug-likeness (QED) is 0.458. The van der Waals surface area contributed by atoms with Crippen LogP contribution in [0.15, 0.2) is 30.6 Å². The lowest BCUT2D eigenvalue weighted by Crippen LogP contribution is -2.32. The van der Waals surface area contributed by atoms with Crippen LogP contribution in [-0.4, -0.2) is 34.3 Å². The number of aromatic hydroxyl groups is 1. The Kier molecular flexibility index (Phi) is 7.55. The molecule has 0 aliphatic heterocycles. The van der Waals surface area contributed by atoms with Gasteiger partial charge in [0.2, 0.25) is 5.95 Å². The maximum Gasteiger partial charge on any atom is 0.309 e. The van der Waals surface area contributed by atoms with Crippen molar-refractivity contribution in [2.75, 3.05) is 12.4 Å². The van der Waals surface area contributed by atoms with Crippen LogP contribution < -0.4 is 11.1 Å². The maximum absolute atomic E-state index is 11.4. The van der Waals surface area contributed by atoms with Gasteiger partial charge in [0.15, 0.2) is 0 Å². The van der Waals surface area contributed by atoms with Crippen LogP contribution in [-0.2, 0) is 22.4 Å². The van der Waals surface area contributed by atoms with Gasteiger partial charge in [-0.25, -0.2) is 9.97 Å². The van der Waals surface area contributed by atoms with Crippen molar-refractivity contribution >= 4 is 11.9 Å². The first-order chi connectivity index (χ1) is 12.9. The standard InChI is InChI=1S/C20H28N4O3/c1-4-13(2)7-18(21)24-20-22-11-15(12-23-20)9-16-8-14(5-6-17(16)25)10-19(26)27-3/h5-6,8,11-13,18,25H,4,7,9-10,21H2,1-3H3,(H,22,23,24). The van der Waals surface area contributed by atoms with E-state index < -0.39 is 0 Å². The summed E-state index contributed by atoms with van der Waals surface area (Å²) in [6.45, 7) is 4.30. The van der Waals surface area contributed by atoms with Crippen molar-refractivity contribution in [2.45, 2.75) is 45.7 Å². The number of benzene rings is 1. The highest BCUT2D eigenvalue weighted by Crippen LogP contribution is 2.22. The molecular formula is C20H28N4O3. The molecule has 2 atom stereocenters. The molecule has 0 saturated carbocycles. The highest BCUT2D eigenvalue weighted by atomic mass is 16.5. The highest BCUT2D eigenvalue weighted by molar-refractivity contribution is 5.72. The SMILES string of the molecule is CCC(C)CC(N)Nc1ncc(Cc2cc(CC(=O)OC)ccc2O)cn1. The fourth-order valence-corrected chi connectivity index (χ4v) is 2.69. The van der Waals surface area contributed by atoms with Crippen LogP contribution >= 0.6 is 0 Å². The second-order valence-electron chi connectivity index (χ2n) is 6.81. The van der Waals surface area contributed by atoms with Crippen molar-refractivity contribution in [3.8, 4) is 5.75 Å². The summed E-state index contributed by atoms with van der Waals surface area (Å²) in [6, 6.07) is 5.08. The van der Waals surface area contributed by atoms with Gasteiger partial charge in [0.05, 0.1) is 19.7 Å². The van der Waals surface area contributed by atoms with Crippen LogP contribution in [0.3, 0.4) is 0 Å². The van der Waals surface area contributed by atoms with Crippen LogP contribution in [0.5, 0.6) is 5.75 Å². The molecule has 0 radical (unpaired) electrons. The van der Waals surface area contributed by atoms with Gasteiger partial charge in [-0.05, 0) is 35.1 Å². The molecule has 7 heteroatoms. The molecule has 1 aromatic carbocycles. The molecule has 146 valence electrons. The molecule has 27 heavy (non-hydrogen) atoms. The molecule has 2 rings (SSSR count). The molecule has 4 N–H and O–H groups in total. The topological polar surface area (TPSA) is 110 Å². The number of methoxy groups -OCH3 is 1. The smallest absolute Gasteiger partial charge is 0.309 e. The molecule has 1 aromatic heterocycles. The van der Waals surface area contributed by atoms with Crippen molar-refractivity contribution < 1.29 is 14.6 Å². The first-order valence-electron chi connectivity index (χ1n) is 9.11. The summed E-state index contributed by atoms with van der Waals surface area (Å²) < 4.78 is 4.68. The van der Waals surface area contributed by atoms with E-state index >= 15 is 0 Å². The lowest BCUT2D eigenvalue weighted by Gasteiger charge is -2.17. The molecule has 7 nitrogen and oxygen atoms in total. The van der Waals surface area contributed by atoms with Crippen LogP contribution in [0.4, 0.5) is 5.95 Å². The third-order valence-electron chi connectivity index (χ3n) is 4.49. The number of hydrogen-bond donors (Lipinski definition) is 3. The van der Waals surface area contributed by atoms with Crippen LogP contribution in [0, 0.1) is 5.92 Å². The molecule has 2 unspecified atom stereocenters. The van der Waals surface area contributed by atoms with E-state index in [0.717, 1.165) is 24.0 Å². The third-order valence-corrected chi connectivity index (χ3v) is 4.49. The van der Waals surface area contributed by atoms with E-state index in [9.17, 15) is 9.90 Å². The first kappa shape index (κ1) is 20.6. The minimum Gasteiger partial charge on any atom is -0.508 e. The lowest BCUT2D eigenvalue weighted by molar-refractivity contribution is -0.139. The van der Waals surface area contributed by atoms with Crippen molar-refractivity contribution in [2.24, 2.45) is 11.7 Å². The van der Waals surface area contributed by atoms with Gasteiger partial charge in [-0.2, -0.15) is 0 Å². The summed E-state index contributed by atoms with van der Waals surface area (Å²) in [6.07, 6.45) is 5.77. The fraction of sp³-hybridized carbons (Fsp3) is 0.450. The zero-order valence-electron chi connectivity index (χ0n) is 16.1. The minimum atomic E-state index is -0.320. The number of carbonyl (C=O) groups excluding carboxylic acids is 1. The number of rotatable bonds is 9. The van der Waals surface area contributed by atoms with E-state index in [4.69, 9.17) is 5.73 Å². The predicted molar refractivity (Wildman–Crippen MR) is 104 cm³/mol. The Balaban J connectivity index is 2.01. The molecule has 0 amide bonds. The van der Waals surface area contributed by atoms with Gasteiger partial charge in [-0.15, -0.1) is 0 Å². The molecule has 0 saturated heterocycles. The number of hydrogen-bond acceptors (Lipinski definition) is 7. The highest BCUT2D eigenvalue weighted by Gasteiger charge is 2.11. The number of esters is 1. The average molecular weight is 372 g/mol. The number of phenols is 1. The third kappa shape index (κ3) is 6.53. The summed E-state index contributed by atoms with van der Waals surface area (Å²) in [5, 5.41) is 13.2. The van der Waals surface area contributed by atoms with Gasteiger partial charge in [0.1, 0.15) is 5.75 Å². The van der Waals surface area contributed by atoms with Crippen LogP contribution in [0.2, 0.25) is 0 Å². The monoisotopic (exact) mass is 372 g/mol. The lowest BCUT2D eigenvalue weighted by atomic mass is 10.0.